The van der Waals surface area contributed by atoms with Crippen LogP contribution in [0.15, 0.2) is 59.0 Å². The summed E-state index contributed by atoms with van der Waals surface area (Å²) >= 11 is 0. The van der Waals surface area contributed by atoms with Crippen LogP contribution in [-0.2, 0) is 10.0 Å². The van der Waals surface area contributed by atoms with E-state index in [-0.39, 0.29) is 36.0 Å². The maximum atomic E-state index is 14.3. The van der Waals surface area contributed by atoms with E-state index < -0.39 is 35.7 Å². The van der Waals surface area contributed by atoms with Gasteiger partial charge in [0, 0.05) is 21.2 Å². The third-order valence-electron chi connectivity index (χ3n) is 7.31. The van der Waals surface area contributed by atoms with Crippen LogP contribution in [0.5, 0.6) is 11.5 Å². The van der Waals surface area contributed by atoms with Crippen LogP contribution in [0.2, 0.25) is 25.7 Å². The highest BCUT2D eigenvalue weighted by Gasteiger charge is 2.38. The molecule has 3 heterocycles. The number of nitrogens with zero attached hydrogens (tertiary/aromatic N) is 5. The summed E-state index contributed by atoms with van der Waals surface area (Å²) in [5.74, 6) is 0.456. The number of imide groups is 1. The Bertz CT molecular complexity index is 1770. The van der Waals surface area contributed by atoms with Crippen molar-refractivity contribution in [3.8, 4) is 28.8 Å². The van der Waals surface area contributed by atoms with Crippen molar-refractivity contribution >= 4 is 35.9 Å². The molecule has 0 saturated heterocycles. The van der Waals surface area contributed by atoms with Crippen molar-refractivity contribution < 1.29 is 31.9 Å². The van der Waals surface area contributed by atoms with Gasteiger partial charge in [-0.25, -0.2) is 12.7 Å². The number of benzene rings is 2. The molecule has 1 aliphatic rings. The topological polar surface area (TPSA) is 137 Å². The molecule has 5 rings (SSSR count). The summed E-state index contributed by atoms with van der Waals surface area (Å²) in [5.41, 5.74) is 0.897. The second kappa shape index (κ2) is 11.9. The summed E-state index contributed by atoms with van der Waals surface area (Å²) in [6, 6.07) is 15.8. The first-order valence-corrected chi connectivity index (χ1v) is 19.4. The molecule has 0 N–H and O–H groups in total. The molecule has 2 amide bonds. The van der Waals surface area contributed by atoms with Crippen LogP contribution >= 0.6 is 0 Å². The van der Waals surface area contributed by atoms with Gasteiger partial charge in [-0.3, -0.25) is 19.1 Å². The Kier molecular flexibility index (Phi) is 8.40. The monoisotopic (exact) mass is 637 g/mol. The van der Waals surface area contributed by atoms with Crippen LogP contribution < -0.4 is 13.8 Å². The molecular weight excluding hydrogens is 603 g/mol. The lowest BCUT2D eigenvalue weighted by atomic mass is 10.1. The number of sulfonamides is 1. The van der Waals surface area contributed by atoms with Crippen molar-refractivity contribution in [3.63, 3.8) is 0 Å². The van der Waals surface area contributed by atoms with Crippen LogP contribution in [0.3, 0.4) is 0 Å². The first-order chi connectivity index (χ1) is 20.9. The standard InChI is InChI=1S/C30H35N5O7SSi/c1-20-14-15-25(42-20)27-31-32-30(35(27)26-23(40-2)12-9-13-24(26)41-3)34(17-19-44(4,5)6)43(38,39)18-16-33-28(36)21-10-7-8-11-22(21)29(33)37/h7-15H,16-19H2,1-6H3. The molecule has 0 unspecified atom stereocenters. The van der Waals surface area contributed by atoms with Gasteiger partial charge in [0.25, 0.3) is 11.8 Å². The lowest BCUT2D eigenvalue weighted by Crippen LogP contribution is -2.42. The molecule has 0 saturated carbocycles. The number of ether oxygens (including phenoxy) is 2. The Balaban J connectivity index is 1.62. The SMILES string of the molecule is COc1cccc(OC)c1-n1c(-c2ccc(C)o2)nnc1N(CC[Si](C)(C)C)S(=O)(=O)CCN1C(=O)c2ccccc2C1=O. The summed E-state index contributed by atoms with van der Waals surface area (Å²) in [7, 11) is -2.96. The Morgan fingerprint density at radius 1 is 0.886 bits per heavy atom. The van der Waals surface area contributed by atoms with E-state index in [9.17, 15) is 18.0 Å². The maximum absolute atomic E-state index is 14.3. The summed E-state index contributed by atoms with van der Waals surface area (Å²) in [4.78, 5) is 27.0. The molecule has 0 bridgehead atoms. The number of para-hydroxylation sites is 1. The van der Waals surface area contributed by atoms with Crippen LogP contribution in [0.4, 0.5) is 5.95 Å². The zero-order chi connectivity index (χ0) is 31.8. The molecule has 0 fully saturated rings. The average molecular weight is 638 g/mol. The molecule has 12 nitrogen and oxygen atoms in total. The minimum Gasteiger partial charge on any atom is -0.494 e. The predicted octanol–water partition coefficient (Wildman–Crippen LogP) is 4.62. The first-order valence-electron chi connectivity index (χ1n) is 14.1. The Morgan fingerprint density at radius 3 is 2.02 bits per heavy atom. The number of furan rings is 1. The average Bonchev–Trinajstić information content (AvgIpc) is 3.67. The normalized spacial score (nSPS) is 13.4. The van der Waals surface area contributed by atoms with Crippen molar-refractivity contribution in [3.05, 3.63) is 71.5 Å². The summed E-state index contributed by atoms with van der Waals surface area (Å²) in [5, 5.41) is 8.78. The fourth-order valence-electron chi connectivity index (χ4n) is 4.97. The minimum absolute atomic E-state index is 0.00235. The molecule has 0 aliphatic carbocycles. The maximum Gasteiger partial charge on any atom is 0.261 e. The zero-order valence-corrected chi connectivity index (χ0v) is 27.3. The van der Waals surface area contributed by atoms with Crippen molar-refractivity contribution in [2.75, 3.05) is 37.4 Å². The molecule has 232 valence electrons. The number of anilines is 1. The Hall–Kier alpha value is -4.43. The van der Waals surface area contributed by atoms with Crippen LogP contribution in [0.25, 0.3) is 17.3 Å². The quantitative estimate of drug-likeness (QED) is 0.161. The number of hydrogen-bond donors (Lipinski definition) is 0. The van der Waals surface area contributed by atoms with Gasteiger partial charge in [-0.1, -0.05) is 37.8 Å². The fourth-order valence-corrected chi connectivity index (χ4v) is 7.40. The highest BCUT2D eigenvalue weighted by molar-refractivity contribution is 7.92. The van der Waals surface area contributed by atoms with Gasteiger partial charge in [0.2, 0.25) is 21.8 Å². The molecule has 2 aromatic heterocycles. The number of aromatic nitrogens is 3. The van der Waals surface area contributed by atoms with E-state index >= 15 is 0 Å². The van der Waals surface area contributed by atoms with E-state index in [1.54, 1.807) is 66.1 Å². The van der Waals surface area contributed by atoms with Gasteiger partial charge < -0.3 is 13.9 Å². The third-order valence-corrected chi connectivity index (χ3v) is 10.7. The number of amides is 2. The van der Waals surface area contributed by atoms with E-state index in [1.807, 2.05) is 0 Å². The number of methoxy groups -OCH3 is 2. The first kappa shape index (κ1) is 31.0. The van der Waals surface area contributed by atoms with Gasteiger partial charge in [0.05, 0.1) is 31.1 Å². The molecule has 2 aromatic carbocycles. The van der Waals surface area contributed by atoms with Crippen molar-refractivity contribution in [2.24, 2.45) is 0 Å². The predicted molar refractivity (Wildman–Crippen MR) is 168 cm³/mol. The fraction of sp³-hybridized carbons (Fsp3) is 0.333. The lowest BCUT2D eigenvalue weighted by molar-refractivity contribution is 0.0664. The molecular formula is C30H35N5O7SSi. The zero-order valence-electron chi connectivity index (χ0n) is 25.5. The minimum atomic E-state index is -4.18. The van der Waals surface area contributed by atoms with E-state index in [2.05, 4.69) is 29.8 Å². The third kappa shape index (κ3) is 5.86. The molecule has 0 spiro atoms. The number of aryl methyl sites for hydroxylation is 1. The van der Waals surface area contributed by atoms with E-state index in [1.165, 1.54) is 18.5 Å². The van der Waals surface area contributed by atoms with Crippen LogP contribution in [-0.4, -0.2) is 81.0 Å². The van der Waals surface area contributed by atoms with Gasteiger partial charge in [-0.05, 0) is 49.4 Å². The molecule has 14 heteroatoms. The van der Waals surface area contributed by atoms with Gasteiger partial charge >= 0.3 is 0 Å². The molecule has 0 radical (unpaired) electrons. The molecule has 0 atom stereocenters. The van der Waals surface area contributed by atoms with Crippen molar-refractivity contribution in [1.29, 1.82) is 0 Å². The van der Waals surface area contributed by atoms with Crippen LogP contribution in [0.1, 0.15) is 26.5 Å². The second-order valence-electron chi connectivity index (χ2n) is 11.6. The molecule has 1 aliphatic heterocycles. The number of rotatable bonds is 12. The van der Waals surface area contributed by atoms with Gasteiger partial charge in [-0.15, -0.1) is 10.2 Å². The highest BCUT2D eigenvalue weighted by Crippen LogP contribution is 2.39. The Labute approximate surface area is 257 Å². The van der Waals surface area contributed by atoms with Crippen LogP contribution in [0, 0.1) is 6.92 Å². The number of fused-ring (bicyclic) bond motifs is 1. The largest absolute Gasteiger partial charge is 0.494 e. The van der Waals surface area contributed by atoms with Gasteiger partial charge in [0.15, 0.2) is 5.76 Å². The molecule has 4 aromatic rings. The number of hydrogen-bond acceptors (Lipinski definition) is 9. The second-order valence-corrected chi connectivity index (χ2v) is 19.2. The number of carbonyl (C=O) groups is 2. The summed E-state index contributed by atoms with van der Waals surface area (Å²) < 4.78 is 48.5. The Morgan fingerprint density at radius 2 is 1.50 bits per heavy atom. The highest BCUT2D eigenvalue weighted by atomic mass is 32.2. The molecule has 44 heavy (non-hydrogen) atoms. The van der Waals surface area contributed by atoms with Gasteiger partial charge in [0.1, 0.15) is 22.9 Å². The summed E-state index contributed by atoms with van der Waals surface area (Å²) in [6.45, 7) is 7.99. The van der Waals surface area contributed by atoms with Crippen molar-refractivity contribution in [2.45, 2.75) is 32.6 Å². The van der Waals surface area contributed by atoms with Crippen molar-refractivity contribution in [1.82, 2.24) is 19.7 Å². The smallest absolute Gasteiger partial charge is 0.261 e. The van der Waals surface area contributed by atoms with E-state index in [0.717, 1.165) is 4.90 Å². The van der Waals surface area contributed by atoms with Gasteiger partial charge in [-0.2, -0.15) is 0 Å². The van der Waals surface area contributed by atoms with E-state index in [4.69, 9.17) is 13.9 Å². The summed E-state index contributed by atoms with van der Waals surface area (Å²) in [6.07, 6.45) is 0. The lowest BCUT2D eigenvalue weighted by Gasteiger charge is -2.28. The van der Waals surface area contributed by atoms with E-state index in [0.29, 0.717) is 34.8 Å². The number of carbonyl (C=O) groups excluding carboxylic acids is 2.